The molecule has 118 valence electrons. The van der Waals surface area contributed by atoms with E-state index >= 15 is 0 Å². The number of rotatable bonds is 9. The second-order valence-electron chi connectivity index (χ2n) is 4.48. The Bertz CT molecular complexity index is 453. The van der Waals surface area contributed by atoms with Gasteiger partial charge in [-0.1, -0.05) is 6.07 Å². The SMILES string of the molecule is COc1ccc(CCNC(N)=NCCCSC)cc1OC. The number of thioether (sulfide) groups is 1. The van der Waals surface area contributed by atoms with Crippen molar-refractivity contribution in [2.75, 3.05) is 39.3 Å². The Labute approximate surface area is 131 Å². The van der Waals surface area contributed by atoms with Crippen molar-refractivity contribution in [1.82, 2.24) is 5.32 Å². The van der Waals surface area contributed by atoms with Gasteiger partial charge in [-0.3, -0.25) is 4.99 Å². The van der Waals surface area contributed by atoms with Crippen molar-refractivity contribution < 1.29 is 9.47 Å². The highest BCUT2D eigenvalue weighted by Crippen LogP contribution is 2.27. The van der Waals surface area contributed by atoms with E-state index in [1.165, 1.54) is 0 Å². The lowest BCUT2D eigenvalue weighted by molar-refractivity contribution is 0.354. The number of hydrogen-bond donors (Lipinski definition) is 2. The van der Waals surface area contributed by atoms with Crippen LogP contribution in [0.3, 0.4) is 0 Å². The number of nitrogens with two attached hydrogens (primary N) is 1. The van der Waals surface area contributed by atoms with Crippen molar-refractivity contribution >= 4 is 17.7 Å². The van der Waals surface area contributed by atoms with Crippen LogP contribution >= 0.6 is 11.8 Å². The van der Waals surface area contributed by atoms with Crippen LogP contribution < -0.4 is 20.5 Å². The summed E-state index contributed by atoms with van der Waals surface area (Å²) >= 11 is 1.82. The zero-order valence-corrected chi connectivity index (χ0v) is 13.8. The predicted molar refractivity (Wildman–Crippen MR) is 90.7 cm³/mol. The lowest BCUT2D eigenvalue weighted by Crippen LogP contribution is -2.33. The average Bonchev–Trinajstić information content (AvgIpc) is 2.51. The normalized spacial score (nSPS) is 11.3. The number of benzene rings is 1. The minimum absolute atomic E-state index is 0.511. The lowest BCUT2D eigenvalue weighted by Gasteiger charge is -2.10. The van der Waals surface area contributed by atoms with Crippen LogP contribution in [0, 0.1) is 0 Å². The number of nitrogens with zero attached hydrogens (tertiary/aromatic N) is 1. The number of aliphatic imine (C=N–C) groups is 1. The Hall–Kier alpha value is -1.56. The third-order valence-electron chi connectivity index (χ3n) is 2.96. The van der Waals surface area contributed by atoms with Crippen LogP contribution in [-0.4, -0.2) is 45.3 Å². The topological polar surface area (TPSA) is 68.9 Å². The summed E-state index contributed by atoms with van der Waals surface area (Å²) in [6.45, 7) is 1.52. The molecule has 3 N–H and O–H groups in total. The molecule has 0 aliphatic heterocycles. The molecule has 0 unspecified atom stereocenters. The molecule has 0 atom stereocenters. The summed E-state index contributed by atoms with van der Waals surface area (Å²) in [5.41, 5.74) is 6.97. The largest absolute Gasteiger partial charge is 0.493 e. The van der Waals surface area contributed by atoms with Crippen molar-refractivity contribution in [1.29, 1.82) is 0 Å². The highest BCUT2D eigenvalue weighted by atomic mass is 32.2. The van der Waals surface area contributed by atoms with Gasteiger partial charge < -0.3 is 20.5 Å². The quantitative estimate of drug-likeness (QED) is 0.414. The Morgan fingerprint density at radius 3 is 2.71 bits per heavy atom. The van der Waals surface area contributed by atoms with Gasteiger partial charge in [-0.25, -0.2) is 0 Å². The monoisotopic (exact) mass is 311 g/mol. The van der Waals surface area contributed by atoms with E-state index < -0.39 is 0 Å². The van der Waals surface area contributed by atoms with E-state index in [1.807, 2.05) is 30.0 Å². The average molecular weight is 311 g/mol. The third kappa shape index (κ3) is 6.62. The molecule has 0 heterocycles. The first-order valence-corrected chi connectivity index (χ1v) is 8.34. The van der Waals surface area contributed by atoms with Crippen molar-refractivity contribution in [2.24, 2.45) is 10.7 Å². The minimum Gasteiger partial charge on any atom is -0.493 e. The standard InChI is InChI=1S/C15H25N3O2S/c1-19-13-6-5-12(11-14(13)20-2)7-9-18-15(16)17-8-4-10-21-3/h5-6,11H,4,7-10H2,1-3H3,(H3,16,17,18). The van der Waals surface area contributed by atoms with Crippen LogP contribution in [0.25, 0.3) is 0 Å². The van der Waals surface area contributed by atoms with E-state index in [4.69, 9.17) is 15.2 Å². The fourth-order valence-corrected chi connectivity index (χ4v) is 2.25. The summed E-state index contributed by atoms with van der Waals surface area (Å²) in [7, 11) is 3.27. The summed E-state index contributed by atoms with van der Waals surface area (Å²) in [5.74, 6) is 3.11. The van der Waals surface area contributed by atoms with Crippen LogP contribution in [0.2, 0.25) is 0 Å². The number of methoxy groups -OCH3 is 2. The fraction of sp³-hybridized carbons (Fsp3) is 0.533. The maximum absolute atomic E-state index is 5.81. The maximum Gasteiger partial charge on any atom is 0.188 e. The van der Waals surface area contributed by atoms with Crippen molar-refractivity contribution in [3.8, 4) is 11.5 Å². The van der Waals surface area contributed by atoms with Gasteiger partial charge >= 0.3 is 0 Å². The highest BCUT2D eigenvalue weighted by molar-refractivity contribution is 7.98. The Morgan fingerprint density at radius 2 is 2.05 bits per heavy atom. The van der Waals surface area contributed by atoms with Crippen LogP contribution in [0.1, 0.15) is 12.0 Å². The van der Waals surface area contributed by atoms with E-state index in [-0.39, 0.29) is 0 Å². The molecule has 0 bridgehead atoms. The molecule has 21 heavy (non-hydrogen) atoms. The van der Waals surface area contributed by atoms with Gasteiger partial charge in [0.1, 0.15) is 0 Å². The number of hydrogen-bond acceptors (Lipinski definition) is 4. The number of nitrogens with one attached hydrogen (secondary N) is 1. The molecule has 0 amide bonds. The van der Waals surface area contributed by atoms with Crippen LogP contribution in [0.5, 0.6) is 11.5 Å². The molecule has 0 saturated heterocycles. The van der Waals surface area contributed by atoms with Gasteiger partial charge in [-0.15, -0.1) is 0 Å². The van der Waals surface area contributed by atoms with E-state index in [9.17, 15) is 0 Å². The van der Waals surface area contributed by atoms with E-state index in [0.717, 1.165) is 48.7 Å². The second kappa shape index (κ2) is 10.2. The van der Waals surface area contributed by atoms with Gasteiger partial charge in [0, 0.05) is 13.1 Å². The first kappa shape index (κ1) is 17.5. The molecule has 0 aromatic heterocycles. The van der Waals surface area contributed by atoms with Gasteiger partial charge in [0.05, 0.1) is 14.2 Å². The second-order valence-corrected chi connectivity index (χ2v) is 5.47. The summed E-state index contributed by atoms with van der Waals surface area (Å²) in [6.07, 6.45) is 4.00. The van der Waals surface area contributed by atoms with Crippen molar-refractivity contribution in [3.63, 3.8) is 0 Å². The van der Waals surface area contributed by atoms with Crippen LogP contribution in [0.15, 0.2) is 23.2 Å². The molecule has 0 saturated carbocycles. The molecule has 0 radical (unpaired) electrons. The molecule has 0 aliphatic rings. The van der Waals surface area contributed by atoms with E-state index in [0.29, 0.717) is 5.96 Å². The molecular formula is C15H25N3O2S. The van der Waals surface area contributed by atoms with Crippen LogP contribution in [-0.2, 0) is 6.42 Å². The van der Waals surface area contributed by atoms with Gasteiger partial charge in [-0.05, 0) is 42.5 Å². The first-order chi connectivity index (χ1) is 10.2. The number of guanidine groups is 1. The molecule has 1 aromatic rings. The van der Waals surface area contributed by atoms with E-state index in [1.54, 1.807) is 14.2 Å². The molecule has 6 heteroatoms. The third-order valence-corrected chi connectivity index (χ3v) is 3.65. The fourth-order valence-electron chi connectivity index (χ4n) is 1.84. The molecule has 0 aliphatic carbocycles. The maximum atomic E-state index is 5.81. The summed E-state index contributed by atoms with van der Waals surface area (Å²) in [6, 6.07) is 5.91. The zero-order valence-electron chi connectivity index (χ0n) is 13.0. The smallest absolute Gasteiger partial charge is 0.188 e. The van der Waals surface area contributed by atoms with Gasteiger partial charge in [0.25, 0.3) is 0 Å². The molecule has 1 aromatic carbocycles. The summed E-state index contributed by atoms with van der Waals surface area (Å²) in [4.78, 5) is 4.28. The summed E-state index contributed by atoms with van der Waals surface area (Å²) in [5, 5.41) is 3.12. The first-order valence-electron chi connectivity index (χ1n) is 6.95. The van der Waals surface area contributed by atoms with E-state index in [2.05, 4.69) is 16.6 Å². The van der Waals surface area contributed by atoms with Crippen molar-refractivity contribution in [3.05, 3.63) is 23.8 Å². The Morgan fingerprint density at radius 1 is 1.29 bits per heavy atom. The van der Waals surface area contributed by atoms with Crippen LogP contribution in [0.4, 0.5) is 0 Å². The highest BCUT2D eigenvalue weighted by Gasteiger charge is 2.04. The van der Waals surface area contributed by atoms with Gasteiger partial charge in [0.15, 0.2) is 17.5 Å². The van der Waals surface area contributed by atoms with Gasteiger partial charge in [-0.2, -0.15) is 11.8 Å². The molecule has 0 fully saturated rings. The minimum atomic E-state index is 0.511. The van der Waals surface area contributed by atoms with Crippen molar-refractivity contribution in [2.45, 2.75) is 12.8 Å². The zero-order chi connectivity index (χ0) is 15.5. The van der Waals surface area contributed by atoms with Gasteiger partial charge in [0.2, 0.25) is 0 Å². The Balaban J connectivity index is 2.38. The molecule has 0 spiro atoms. The lowest BCUT2D eigenvalue weighted by atomic mass is 10.1. The number of ether oxygens (including phenoxy) is 2. The predicted octanol–water partition coefficient (Wildman–Crippen LogP) is 1.90. The molecule has 5 nitrogen and oxygen atoms in total. The molecular weight excluding hydrogens is 286 g/mol. The summed E-state index contributed by atoms with van der Waals surface area (Å²) < 4.78 is 10.5. The Kier molecular flexibility index (Phi) is 8.50. The molecule has 1 rings (SSSR count).